The van der Waals surface area contributed by atoms with Crippen molar-refractivity contribution in [2.75, 3.05) is 13.1 Å². The molecule has 0 spiro atoms. The van der Waals surface area contributed by atoms with Gasteiger partial charge in [0.05, 0.1) is 0 Å². The molecule has 4 nitrogen and oxygen atoms in total. The molecule has 0 bridgehead atoms. The van der Waals surface area contributed by atoms with Crippen LogP contribution in [-0.2, 0) is 11.3 Å². The summed E-state index contributed by atoms with van der Waals surface area (Å²) in [7, 11) is 0. The van der Waals surface area contributed by atoms with Crippen LogP contribution in [0.2, 0.25) is 0 Å². The summed E-state index contributed by atoms with van der Waals surface area (Å²) in [5.41, 5.74) is 2.29. The molecule has 0 radical (unpaired) electrons. The quantitative estimate of drug-likeness (QED) is 0.790. The third-order valence-corrected chi connectivity index (χ3v) is 3.98. The van der Waals surface area contributed by atoms with Gasteiger partial charge in [0.1, 0.15) is 5.60 Å². The molecular weight excluding hydrogens is 252 g/mol. The summed E-state index contributed by atoms with van der Waals surface area (Å²) >= 11 is 0. The highest BCUT2D eigenvalue weighted by Gasteiger charge is 2.40. The van der Waals surface area contributed by atoms with Crippen LogP contribution in [0.5, 0.6) is 0 Å². The second-order valence-corrected chi connectivity index (χ2v) is 6.68. The number of nitrogens with zero attached hydrogens (tertiary/aromatic N) is 1. The minimum atomic E-state index is -0.434. The molecule has 3 rings (SSSR count). The van der Waals surface area contributed by atoms with Gasteiger partial charge in [-0.05, 0) is 31.9 Å². The van der Waals surface area contributed by atoms with E-state index in [1.54, 1.807) is 0 Å². The number of benzene rings is 1. The van der Waals surface area contributed by atoms with E-state index in [1.807, 2.05) is 25.7 Å². The first-order valence-electron chi connectivity index (χ1n) is 7.23. The molecule has 4 heteroatoms. The monoisotopic (exact) mass is 274 g/mol. The van der Waals surface area contributed by atoms with Crippen LogP contribution in [0.4, 0.5) is 4.79 Å². The molecule has 2 aliphatic heterocycles. The maximum atomic E-state index is 12.2. The van der Waals surface area contributed by atoms with E-state index in [1.165, 1.54) is 11.1 Å². The van der Waals surface area contributed by atoms with Crippen LogP contribution in [0, 0.1) is 0 Å². The van der Waals surface area contributed by atoms with Crippen molar-refractivity contribution in [3.05, 3.63) is 35.4 Å². The fraction of sp³-hybridized carbons (Fsp3) is 0.562. The molecular formula is C16H22N2O2. The number of hydrogen-bond acceptors (Lipinski definition) is 3. The van der Waals surface area contributed by atoms with Crippen LogP contribution < -0.4 is 5.32 Å². The lowest BCUT2D eigenvalue weighted by Gasteiger charge is -2.28. The number of amides is 1. The molecule has 1 aromatic rings. The summed E-state index contributed by atoms with van der Waals surface area (Å²) in [6.07, 6.45) is -0.203. The molecule has 0 unspecified atom stereocenters. The van der Waals surface area contributed by atoms with Crippen molar-refractivity contribution in [2.24, 2.45) is 0 Å². The zero-order valence-corrected chi connectivity index (χ0v) is 12.3. The molecule has 108 valence electrons. The zero-order valence-electron chi connectivity index (χ0n) is 12.3. The molecule has 1 saturated heterocycles. The number of hydrogen-bond donors (Lipinski definition) is 1. The predicted octanol–water partition coefficient (Wildman–Crippen LogP) is 2.49. The summed E-state index contributed by atoms with van der Waals surface area (Å²) in [5, 5.41) is 3.54. The Morgan fingerprint density at radius 1 is 1.30 bits per heavy atom. The van der Waals surface area contributed by atoms with Crippen LogP contribution in [0.25, 0.3) is 0 Å². The fourth-order valence-corrected chi connectivity index (χ4v) is 3.10. The summed E-state index contributed by atoms with van der Waals surface area (Å²) in [5.74, 6) is 0.382. The van der Waals surface area contributed by atoms with E-state index in [0.717, 1.165) is 19.6 Å². The molecule has 1 fully saturated rings. The summed E-state index contributed by atoms with van der Waals surface area (Å²) < 4.78 is 5.47. The lowest BCUT2D eigenvalue weighted by atomic mass is 9.87. The Labute approximate surface area is 120 Å². The minimum absolute atomic E-state index is 0.203. The number of carbonyl (C=O) groups is 1. The minimum Gasteiger partial charge on any atom is -0.444 e. The molecule has 1 aromatic carbocycles. The van der Waals surface area contributed by atoms with Crippen molar-refractivity contribution in [3.8, 4) is 0 Å². The van der Waals surface area contributed by atoms with E-state index in [9.17, 15) is 4.79 Å². The Hall–Kier alpha value is -1.55. The number of ether oxygens (including phenoxy) is 1. The van der Waals surface area contributed by atoms with Gasteiger partial charge >= 0.3 is 6.09 Å². The zero-order chi connectivity index (χ0) is 14.3. The number of carbonyl (C=O) groups excluding carboxylic acids is 1. The van der Waals surface area contributed by atoms with E-state index in [-0.39, 0.29) is 6.09 Å². The Morgan fingerprint density at radius 3 is 2.80 bits per heavy atom. The van der Waals surface area contributed by atoms with Crippen molar-refractivity contribution < 1.29 is 9.53 Å². The topological polar surface area (TPSA) is 41.6 Å². The highest BCUT2D eigenvalue weighted by atomic mass is 16.6. The Kier molecular flexibility index (Phi) is 3.21. The van der Waals surface area contributed by atoms with Gasteiger partial charge in [-0.1, -0.05) is 24.3 Å². The van der Waals surface area contributed by atoms with Crippen molar-refractivity contribution in [3.63, 3.8) is 0 Å². The third kappa shape index (κ3) is 2.52. The molecule has 1 amide bonds. The lowest BCUT2D eigenvalue weighted by molar-refractivity contribution is 0.0289. The smallest absolute Gasteiger partial charge is 0.410 e. The standard InChI is InChI=1S/C16H22N2O2/c1-16(2,3)20-15(19)18-9-13-12-7-5-4-6-11(12)8-17-14(13)10-18/h4-7,13-14,17H,8-10H2,1-3H3/t13-,14+/m0/s1. The van der Waals surface area contributed by atoms with Crippen LogP contribution in [-0.4, -0.2) is 35.7 Å². The maximum absolute atomic E-state index is 12.2. The number of fused-ring (bicyclic) bond motifs is 3. The van der Waals surface area contributed by atoms with Crippen molar-refractivity contribution in [2.45, 2.75) is 44.9 Å². The van der Waals surface area contributed by atoms with Gasteiger partial charge in [0.15, 0.2) is 0 Å². The number of likely N-dealkylation sites (tertiary alicyclic amines) is 1. The highest BCUT2D eigenvalue weighted by molar-refractivity contribution is 5.69. The second kappa shape index (κ2) is 4.77. The molecule has 0 aliphatic carbocycles. The van der Waals surface area contributed by atoms with E-state index in [0.29, 0.717) is 12.0 Å². The molecule has 1 N–H and O–H groups in total. The van der Waals surface area contributed by atoms with Gasteiger partial charge < -0.3 is 15.0 Å². The molecule has 0 aromatic heterocycles. The summed E-state index contributed by atoms with van der Waals surface area (Å²) in [6, 6.07) is 8.84. The largest absolute Gasteiger partial charge is 0.444 e. The van der Waals surface area contributed by atoms with Crippen molar-refractivity contribution >= 4 is 6.09 Å². The highest BCUT2D eigenvalue weighted by Crippen LogP contribution is 2.34. The van der Waals surface area contributed by atoms with Crippen molar-refractivity contribution in [1.82, 2.24) is 10.2 Å². The van der Waals surface area contributed by atoms with E-state index >= 15 is 0 Å². The molecule has 20 heavy (non-hydrogen) atoms. The van der Waals surface area contributed by atoms with Gasteiger partial charge in [0, 0.05) is 31.6 Å². The van der Waals surface area contributed by atoms with Gasteiger partial charge in [0.2, 0.25) is 0 Å². The van der Waals surface area contributed by atoms with E-state index in [4.69, 9.17) is 4.74 Å². The van der Waals surface area contributed by atoms with E-state index < -0.39 is 5.60 Å². The average Bonchev–Trinajstić information content (AvgIpc) is 2.81. The third-order valence-electron chi connectivity index (χ3n) is 3.98. The van der Waals surface area contributed by atoms with Crippen LogP contribution >= 0.6 is 0 Å². The Morgan fingerprint density at radius 2 is 2.05 bits per heavy atom. The first kappa shape index (κ1) is 13.4. The number of nitrogens with one attached hydrogen (secondary N) is 1. The van der Waals surface area contributed by atoms with Crippen LogP contribution in [0.15, 0.2) is 24.3 Å². The van der Waals surface area contributed by atoms with Crippen LogP contribution in [0.1, 0.15) is 37.8 Å². The molecule has 2 aliphatic rings. The van der Waals surface area contributed by atoms with Gasteiger partial charge in [-0.3, -0.25) is 0 Å². The van der Waals surface area contributed by atoms with Gasteiger partial charge in [-0.15, -0.1) is 0 Å². The molecule has 0 saturated carbocycles. The summed E-state index contributed by atoms with van der Waals surface area (Å²) in [6.45, 7) is 8.07. The van der Waals surface area contributed by atoms with Gasteiger partial charge in [0.25, 0.3) is 0 Å². The first-order chi connectivity index (χ1) is 9.44. The Balaban J connectivity index is 1.75. The molecule has 2 atom stereocenters. The first-order valence-corrected chi connectivity index (χ1v) is 7.23. The number of rotatable bonds is 0. The lowest BCUT2D eigenvalue weighted by Crippen LogP contribution is -2.40. The average molecular weight is 274 g/mol. The van der Waals surface area contributed by atoms with Gasteiger partial charge in [-0.25, -0.2) is 4.79 Å². The van der Waals surface area contributed by atoms with Gasteiger partial charge in [-0.2, -0.15) is 0 Å². The van der Waals surface area contributed by atoms with Crippen LogP contribution in [0.3, 0.4) is 0 Å². The Bertz CT molecular complexity index is 521. The maximum Gasteiger partial charge on any atom is 0.410 e. The van der Waals surface area contributed by atoms with Crippen molar-refractivity contribution in [1.29, 1.82) is 0 Å². The predicted molar refractivity (Wildman–Crippen MR) is 77.6 cm³/mol. The fourth-order valence-electron chi connectivity index (χ4n) is 3.10. The second-order valence-electron chi connectivity index (χ2n) is 6.68. The summed E-state index contributed by atoms with van der Waals surface area (Å²) in [4.78, 5) is 14.0. The normalized spacial score (nSPS) is 25.1. The SMILES string of the molecule is CC(C)(C)OC(=O)N1C[C@H]2NCc3ccccc3[C@@H]2C1. The van der Waals surface area contributed by atoms with E-state index in [2.05, 4.69) is 29.6 Å². The molecule has 2 heterocycles.